The van der Waals surface area contributed by atoms with Gasteiger partial charge in [0.1, 0.15) is 6.33 Å². The summed E-state index contributed by atoms with van der Waals surface area (Å²) in [5, 5.41) is 22.8. The number of aromatic nitrogens is 4. The zero-order chi connectivity index (χ0) is 12.7. The van der Waals surface area contributed by atoms with Crippen molar-refractivity contribution in [2.24, 2.45) is 7.05 Å². The monoisotopic (exact) mass is 236 g/mol. The molecule has 0 aliphatic carbocycles. The van der Waals surface area contributed by atoms with E-state index in [1.807, 2.05) is 0 Å². The van der Waals surface area contributed by atoms with Crippen LogP contribution in [0, 0.1) is 5.21 Å². The Morgan fingerprint density at radius 1 is 1.47 bits per heavy atom. The van der Waals surface area contributed by atoms with Crippen molar-refractivity contribution in [3.63, 3.8) is 0 Å². The summed E-state index contributed by atoms with van der Waals surface area (Å²) in [7, 11) is 4.84. The van der Waals surface area contributed by atoms with E-state index >= 15 is 0 Å². The molecule has 0 saturated carbocycles. The van der Waals surface area contributed by atoms with Gasteiger partial charge in [-0.2, -0.15) is 4.98 Å². The van der Waals surface area contributed by atoms with Gasteiger partial charge < -0.3 is 20.0 Å². The Kier molecular flexibility index (Phi) is 2.34. The van der Waals surface area contributed by atoms with E-state index in [2.05, 4.69) is 9.97 Å². The number of carboxylic acids is 1. The van der Waals surface area contributed by atoms with Gasteiger partial charge >= 0.3 is 5.82 Å². The van der Waals surface area contributed by atoms with E-state index in [9.17, 15) is 15.1 Å². The number of rotatable bonds is 2. The van der Waals surface area contributed by atoms with Gasteiger partial charge in [0.2, 0.25) is 5.52 Å². The molecule has 0 radical (unpaired) electrons. The quantitative estimate of drug-likeness (QED) is 0.443. The van der Waals surface area contributed by atoms with Crippen LogP contribution in [0.2, 0.25) is 0 Å². The minimum Gasteiger partial charge on any atom is -0.710 e. The van der Waals surface area contributed by atoms with Crippen LogP contribution in [0.15, 0.2) is 6.33 Å². The van der Waals surface area contributed by atoms with E-state index in [1.165, 1.54) is 17.9 Å². The van der Waals surface area contributed by atoms with E-state index in [0.717, 1.165) is 0 Å². The van der Waals surface area contributed by atoms with Crippen LogP contribution >= 0.6 is 0 Å². The average molecular weight is 236 g/mol. The smallest absolute Gasteiger partial charge is 0.310 e. The van der Waals surface area contributed by atoms with Crippen molar-refractivity contribution in [3.05, 3.63) is 17.4 Å². The Morgan fingerprint density at radius 3 is 2.65 bits per heavy atom. The summed E-state index contributed by atoms with van der Waals surface area (Å²) in [4.78, 5) is 20.3. The highest BCUT2D eigenvalue weighted by Crippen LogP contribution is 2.18. The maximum absolute atomic E-state index is 11.9. The number of hydrogen-bond acceptors (Lipinski definition) is 6. The number of fused-ring (bicyclic) bond motifs is 1. The van der Waals surface area contributed by atoms with Gasteiger partial charge in [-0.15, -0.1) is 0 Å². The molecule has 2 aromatic rings. The van der Waals surface area contributed by atoms with Crippen molar-refractivity contribution in [1.82, 2.24) is 14.5 Å². The van der Waals surface area contributed by atoms with Gasteiger partial charge in [0.25, 0.3) is 5.65 Å². The molecule has 0 bridgehead atoms. The van der Waals surface area contributed by atoms with Crippen molar-refractivity contribution in [3.8, 4) is 0 Å². The number of imidazole rings is 1. The predicted octanol–water partition coefficient (Wildman–Crippen LogP) is -1.97. The van der Waals surface area contributed by atoms with Crippen LogP contribution in [0.5, 0.6) is 0 Å². The van der Waals surface area contributed by atoms with E-state index in [0.29, 0.717) is 5.82 Å². The molecular formula is C9H10N5O3-. The zero-order valence-corrected chi connectivity index (χ0v) is 9.54. The van der Waals surface area contributed by atoms with Gasteiger partial charge in [-0.05, 0) is 0 Å². The van der Waals surface area contributed by atoms with Gasteiger partial charge in [0.05, 0.1) is 7.05 Å². The summed E-state index contributed by atoms with van der Waals surface area (Å²) in [5.41, 5.74) is 0.358. The number of aryl methyl sites for hydroxylation is 1. The van der Waals surface area contributed by atoms with Crippen molar-refractivity contribution < 1.29 is 14.6 Å². The predicted molar refractivity (Wildman–Crippen MR) is 56.1 cm³/mol. The average Bonchev–Trinajstić information content (AvgIpc) is 2.51. The van der Waals surface area contributed by atoms with Crippen LogP contribution in [-0.4, -0.2) is 34.6 Å². The topological polar surface area (TPSA) is 101 Å². The van der Waals surface area contributed by atoms with Crippen molar-refractivity contribution in [2.45, 2.75) is 0 Å². The standard InChI is InChI=1S/C9H11N5O3/c1-12(2)6-5-7(11-4-10-6)13(3)8(9(15)16)14(5)17/h4H,1-3H3,(H,15,16)/p-1. The molecule has 0 aromatic carbocycles. The summed E-state index contributed by atoms with van der Waals surface area (Å²) < 4.78 is 1.45. The Labute approximate surface area is 96.3 Å². The first kappa shape index (κ1) is 11.1. The lowest BCUT2D eigenvalue weighted by Gasteiger charge is -2.11. The van der Waals surface area contributed by atoms with Gasteiger partial charge in [0, 0.05) is 14.1 Å². The van der Waals surface area contributed by atoms with E-state index in [1.54, 1.807) is 19.0 Å². The first-order valence-electron chi connectivity index (χ1n) is 4.76. The fourth-order valence-corrected chi connectivity index (χ4v) is 1.68. The highest BCUT2D eigenvalue weighted by molar-refractivity contribution is 5.87. The summed E-state index contributed by atoms with van der Waals surface area (Å²) in [6.07, 6.45) is 1.27. The van der Waals surface area contributed by atoms with Crippen molar-refractivity contribution in [2.75, 3.05) is 19.0 Å². The molecule has 0 amide bonds. The number of aromatic carboxylic acids is 1. The highest BCUT2D eigenvalue weighted by Gasteiger charge is 2.24. The van der Waals surface area contributed by atoms with Crippen LogP contribution < -0.4 is 14.7 Å². The molecule has 2 rings (SSSR count). The largest absolute Gasteiger partial charge is 0.710 e. The van der Waals surface area contributed by atoms with Crippen LogP contribution in [-0.2, 0) is 7.05 Å². The van der Waals surface area contributed by atoms with Crippen molar-refractivity contribution in [1.29, 1.82) is 0 Å². The third-order valence-corrected chi connectivity index (χ3v) is 2.42. The SMILES string of the molecule is CN(C)c1ncnc2c1[n+]([O-])c(C(=O)[O-])n2C. The molecule has 8 nitrogen and oxygen atoms in total. The first-order valence-corrected chi connectivity index (χ1v) is 4.76. The fraction of sp³-hybridized carbons (Fsp3) is 0.333. The molecule has 0 atom stereocenters. The molecule has 0 saturated heterocycles. The van der Waals surface area contributed by atoms with Gasteiger partial charge in [-0.25, -0.2) is 14.3 Å². The zero-order valence-electron chi connectivity index (χ0n) is 9.54. The second-order valence-electron chi connectivity index (χ2n) is 3.73. The summed E-state index contributed by atoms with van der Waals surface area (Å²) in [5.74, 6) is -1.69. The van der Waals surface area contributed by atoms with Crippen LogP contribution in [0.25, 0.3) is 11.2 Å². The lowest BCUT2D eigenvalue weighted by molar-refractivity contribution is -0.584. The number of carbonyl (C=O) groups excluding carboxylic acids is 1. The number of carbonyl (C=O) groups is 1. The normalized spacial score (nSPS) is 10.8. The maximum atomic E-state index is 11.9. The molecule has 2 heterocycles. The lowest BCUT2D eigenvalue weighted by Crippen LogP contribution is -2.41. The molecule has 8 heteroatoms. The third kappa shape index (κ3) is 1.45. The number of carboxylic acid groups (broad SMARTS) is 1. The van der Waals surface area contributed by atoms with Gasteiger partial charge in [-0.1, -0.05) is 0 Å². The lowest BCUT2D eigenvalue weighted by atomic mass is 10.4. The molecule has 90 valence electrons. The Morgan fingerprint density at radius 2 is 2.12 bits per heavy atom. The molecule has 0 aliphatic rings. The minimum absolute atomic E-state index is 0.110. The fourth-order valence-electron chi connectivity index (χ4n) is 1.68. The summed E-state index contributed by atoms with van der Waals surface area (Å²) in [6, 6.07) is 0. The minimum atomic E-state index is -1.55. The second kappa shape index (κ2) is 3.58. The van der Waals surface area contributed by atoms with Crippen LogP contribution in [0.1, 0.15) is 10.6 Å². The van der Waals surface area contributed by atoms with E-state index in [-0.39, 0.29) is 15.9 Å². The number of anilines is 1. The molecule has 0 fully saturated rings. The Balaban J connectivity index is 2.93. The third-order valence-electron chi connectivity index (χ3n) is 2.42. The molecule has 0 aliphatic heterocycles. The van der Waals surface area contributed by atoms with Crippen LogP contribution in [0.3, 0.4) is 0 Å². The Bertz CT molecular complexity index is 604. The molecule has 0 N–H and O–H groups in total. The van der Waals surface area contributed by atoms with E-state index < -0.39 is 11.8 Å². The van der Waals surface area contributed by atoms with Crippen molar-refractivity contribution >= 4 is 23.0 Å². The first-order chi connectivity index (χ1) is 7.95. The molecule has 17 heavy (non-hydrogen) atoms. The Hall–Kier alpha value is -2.38. The molecule has 0 spiro atoms. The van der Waals surface area contributed by atoms with E-state index in [4.69, 9.17) is 0 Å². The molecule has 2 aromatic heterocycles. The maximum Gasteiger partial charge on any atom is 0.310 e. The number of hydrogen-bond donors (Lipinski definition) is 0. The van der Waals surface area contributed by atoms with Crippen LogP contribution in [0.4, 0.5) is 5.82 Å². The molecular weight excluding hydrogens is 226 g/mol. The summed E-state index contributed by atoms with van der Waals surface area (Å²) in [6.45, 7) is 0. The number of nitrogens with zero attached hydrogens (tertiary/aromatic N) is 5. The van der Waals surface area contributed by atoms with Gasteiger partial charge in [0.15, 0.2) is 11.8 Å². The highest BCUT2D eigenvalue weighted by atomic mass is 16.5. The second-order valence-corrected chi connectivity index (χ2v) is 3.73. The van der Waals surface area contributed by atoms with Gasteiger partial charge in [-0.3, -0.25) is 0 Å². The molecule has 0 unspecified atom stereocenters. The summed E-state index contributed by atoms with van der Waals surface area (Å²) >= 11 is 0.